The van der Waals surface area contributed by atoms with Crippen LogP contribution in [0.1, 0.15) is 0 Å². The van der Waals surface area contributed by atoms with Gasteiger partial charge in [0.15, 0.2) is 6.04 Å². The first kappa shape index (κ1) is 14.8. The SMILES string of the molecule is COCC(NC(=O)CN(C)c1ncccn1)C(=O)O. The zero-order chi connectivity index (χ0) is 14.3. The molecule has 0 aliphatic carbocycles. The highest BCUT2D eigenvalue weighted by atomic mass is 16.5. The number of carboxylic acid groups (broad SMARTS) is 1. The van der Waals surface area contributed by atoms with Crippen LogP contribution in [0.25, 0.3) is 0 Å². The molecule has 104 valence electrons. The Hall–Kier alpha value is -2.22. The summed E-state index contributed by atoms with van der Waals surface area (Å²) in [5, 5.41) is 11.2. The second-order valence-electron chi connectivity index (χ2n) is 3.82. The first-order chi connectivity index (χ1) is 9.04. The van der Waals surface area contributed by atoms with E-state index in [1.165, 1.54) is 12.0 Å². The van der Waals surface area contributed by atoms with Crippen LogP contribution in [-0.4, -0.2) is 60.3 Å². The smallest absolute Gasteiger partial charge is 0.328 e. The summed E-state index contributed by atoms with van der Waals surface area (Å²) in [5.74, 6) is -1.20. The summed E-state index contributed by atoms with van der Waals surface area (Å²) in [5.41, 5.74) is 0. The van der Waals surface area contributed by atoms with Crippen molar-refractivity contribution in [2.45, 2.75) is 6.04 Å². The zero-order valence-corrected chi connectivity index (χ0v) is 10.7. The van der Waals surface area contributed by atoms with Crippen LogP contribution in [0.5, 0.6) is 0 Å². The Morgan fingerprint density at radius 2 is 2.11 bits per heavy atom. The van der Waals surface area contributed by atoms with E-state index in [2.05, 4.69) is 15.3 Å². The predicted octanol–water partition coefficient (Wildman–Crippen LogP) is -0.871. The van der Waals surface area contributed by atoms with Crippen LogP contribution in [-0.2, 0) is 14.3 Å². The number of carbonyl (C=O) groups excluding carboxylic acids is 1. The summed E-state index contributed by atoms with van der Waals surface area (Å²) in [4.78, 5) is 32.0. The molecule has 0 aliphatic rings. The number of amides is 1. The largest absolute Gasteiger partial charge is 0.480 e. The first-order valence-electron chi connectivity index (χ1n) is 5.54. The number of anilines is 1. The summed E-state index contributed by atoms with van der Waals surface area (Å²) in [6, 6.07) is 0.596. The third kappa shape index (κ3) is 4.88. The zero-order valence-electron chi connectivity index (χ0n) is 10.7. The van der Waals surface area contributed by atoms with E-state index in [0.717, 1.165) is 0 Å². The van der Waals surface area contributed by atoms with Gasteiger partial charge in [0.25, 0.3) is 0 Å². The Bertz CT molecular complexity index is 426. The van der Waals surface area contributed by atoms with Crippen molar-refractivity contribution < 1.29 is 19.4 Å². The van der Waals surface area contributed by atoms with Gasteiger partial charge in [0.2, 0.25) is 11.9 Å². The second kappa shape index (κ2) is 7.27. The molecule has 1 aromatic rings. The first-order valence-corrected chi connectivity index (χ1v) is 5.54. The van der Waals surface area contributed by atoms with E-state index in [1.54, 1.807) is 25.5 Å². The van der Waals surface area contributed by atoms with Gasteiger partial charge in [-0.05, 0) is 6.07 Å². The maximum atomic E-state index is 11.7. The minimum absolute atomic E-state index is 0.0441. The summed E-state index contributed by atoms with van der Waals surface area (Å²) >= 11 is 0. The van der Waals surface area contributed by atoms with Gasteiger partial charge in [-0.3, -0.25) is 4.79 Å². The van der Waals surface area contributed by atoms with Crippen LogP contribution in [0, 0.1) is 0 Å². The number of nitrogens with one attached hydrogen (secondary N) is 1. The van der Waals surface area contributed by atoms with Crippen molar-refractivity contribution in [1.82, 2.24) is 15.3 Å². The van der Waals surface area contributed by atoms with Gasteiger partial charge in [-0.25, -0.2) is 14.8 Å². The fourth-order valence-corrected chi connectivity index (χ4v) is 1.36. The van der Waals surface area contributed by atoms with Gasteiger partial charge in [0.05, 0.1) is 13.2 Å². The van der Waals surface area contributed by atoms with Crippen molar-refractivity contribution in [3.63, 3.8) is 0 Å². The Morgan fingerprint density at radius 3 is 2.63 bits per heavy atom. The molecule has 1 aromatic heterocycles. The number of rotatable bonds is 7. The number of aliphatic carboxylic acids is 1. The summed E-state index contributed by atoms with van der Waals surface area (Å²) < 4.78 is 4.72. The molecule has 1 heterocycles. The van der Waals surface area contributed by atoms with Gasteiger partial charge >= 0.3 is 5.97 Å². The minimum Gasteiger partial charge on any atom is -0.480 e. The van der Waals surface area contributed by atoms with E-state index in [0.29, 0.717) is 5.95 Å². The summed E-state index contributed by atoms with van der Waals surface area (Å²) in [6.45, 7) is -0.135. The molecule has 0 saturated heterocycles. The molecule has 8 nitrogen and oxygen atoms in total. The number of carboxylic acids is 1. The van der Waals surface area contributed by atoms with Crippen LogP contribution in [0.4, 0.5) is 5.95 Å². The number of carbonyl (C=O) groups is 2. The van der Waals surface area contributed by atoms with E-state index in [4.69, 9.17) is 9.84 Å². The predicted molar refractivity (Wildman–Crippen MR) is 66.7 cm³/mol. The lowest BCUT2D eigenvalue weighted by atomic mass is 10.3. The fraction of sp³-hybridized carbons (Fsp3) is 0.455. The van der Waals surface area contributed by atoms with Crippen molar-refractivity contribution in [2.75, 3.05) is 32.2 Å². The third-order valence-corrected chi connectivity index (χ3v) is 2.24. The molecule has 1 amide bonds. The van der Waals surface area contributed by atoms with Gasteiger partial charge in [-0.15, -0.1) is 0 Å². The number of hydrogen-bond donors (Lipinski definition) is 2. The molecule has 8 heteroatoms. The second-order valence-corrected chi connectivity index (χ2v) is 3.82. The molecule has 0 fully saturated rings. The minimum atomic E-state index is -1.14. The Morgan fingerprint density at radius 1 is 1.47 bits per heavy atom. The van der Waals surface area contributed by atoms with E-state index in [-0.39, 0.29) is 13.2 Å². The lowest BCUT2D eigenvalue weighted by Crippen LogP contribution is -2.47. The van der Waals surface area contributed by atoms with Crippen molar-refractivity contribution in [1.29, 1.82) is 0 Å². The van der Waals surface area contributed by atoms with E-state index in [1.807, 2.05) is 0 Å². The van der Waals surface area contributed by atoms with Crippen molar-refractivity contribution >= 4 is 17.8 Å². The van der Waals surface area contributed by atoms with Gasteiger partial charge in [-0.1, -0.05) is 0 Å². The third-order valence-electron chi connectivity index (χ3n) is 2.24. The van der Waals surface area contributed by atoms with Crippen LogP contribution in [0.2, 0.25) is 0 Å². The molecule has 0 radical (unpaired) electrons. The van der Waals surface area contributed by atoms with E-state index >= 15 is 0 Å². The maximum Gasteiger partial charge on any atom is 0.328 e. The van der Waals surface area contributed by atoms with Crippen molar-refractivity contribution in [3.8, 4) is 0 Å². The highest BCUT2D eigenvalue weighted by Gasteiger charge is 2.20. The van der Waals surface area contributed by atoms with E-state index < -0.39 is 17.9 Å². The topological polar surface area (TPSA) is 105 Å². The van der Waals surface area contributed by atoms with Crippen LogP contribution in [0.3, 0.4) is 0 Å². The molecule has 0 aromatic carbocycles. The van der Waals surface area contributed by atoms with Gasteiger partial charge < -0.3 is 20.1 Å². The molecule has 0 saturated carbocycles. The number of ether oxygens (including phenoxy) is 1. The monoisotopic (exact) mass is 268 g/mol. The molecule has 0 bridgehead atoms. The molecule has 19 heavy (non-hydrogen) atoms. The average Bonchev–Trinajstić information content (AvgIpc) is 2.39. The van der Waals surface area contributed by atoms with E-state index in [9.17, 15) is 9.59 Å². The summed E-state index contributed by atoms with van der Waals surface area (Å²) in [7, 11) is 3.01. The number of likely N-dealkylation sites (N-methyl/N-ethyl adjacent to an activating group) is 1. The molecular weight excluding hydrogens is 252 g/mol. The number of nitrogens with zero attached hydrogens (tertiary/aromatic N) is 3. The highest BCUT2D eigenvalue weighted by Crippen LogP contribution is 2.00. The number of aromatic nitrogens is 2. The fourth-order valence-electron chi connectivity index (χ4n) is 1.36. The lowest BCUT2D eigenvalue weighted by molar-refractivity contribution is -0.143. The number of methoxy groups -OCH3 is 1. The summed E-state index contributed by atoms with van der Waals surface area (Å²) in [6.07, 6.45) is 3.11. The molecule has 0 aliphatic heterocycles. The Balaban J connectivity index is 2.52. The molecule has 0 spiro atoms. The maximum absolute atomic E-state index is 11.7. The van der Waals surface area contributed by atoms with Gasteiger partial charge in [0.1, 0.15) is 0 Å². The molecule has 1 unspecified atom stereocenters. The highest BCUT2D eigenvalue weighted by molar-refractivity contribution is 5.86. The Kier molecular flexibility index (Phi) is 5.68. The van der Waals surface area contributed by atoms with Crippen LogP contribution < -0.4 is 10.2 Å². The number of hydrogen-bond acceptors (Lipinski definition) is 6. The van der Waals surface area contributed by atoms with Crippen LogP contribution in [0.15, 0.2) is 18.5 Å². The lowest BCUT2D eigenvalue weighted by Gasteiger charge is -2.18. The van der Waals surface area contributed by atoms with Crippen molar-refractivity contribution in [3.05, 3.63) is 18.5 Å². The molecule has 1 atom stereocenters. The standard InChI is InChI=1S/C11H16N4O4/c1-15(11-12-4-3-5-13-11)6-9(16)14-8(7-19-2)10(17)18/h3-5,8H,6-7H2,1-2H3,(H,14,16)(H,17,18). The average molecular weight is 268 g/mol. The molecule has 2 N–H and O–H groups in total. The molecule has 1 rings (SSSR count). The van der Waals surface area contributed by atoms with Crippen LogP contribution >= 0.6 is 0 Å². The van der Waals surface area contributed by atoms with Gasteiger partial charge in [0, 0.05) is 26.6 Å². The normalized spacial score (nSPS) is 11.7. The van der Waals surface area contributed by atoms with Crippen molar-refractivity contribution in [2.24, 2.45) is 0 Å². The Labute approximate surface area is 110 Å². The quantitative estimate of drug-likeness (QED) is 0.662. The molecular formula is C11H16N4O4. The van der Waals surface area contributed by atoms with Gasteiger partial charge in [-0.2, -0.15) is 0 Å².